The summed E-state index contributed by atoms with van der Waals surface area (Å²) < 4.78 is 13.2. The van der Waals surface area contributed by atoms with Gasteiger partial charge in [-0.15, -0.1) is 11.8 Å². The highest BCUT2D eigenvalue weighted by atomic mass is 32.2. The van der Waals surface area contributed by atoms with Gasteiger partial charge in [0.2, 0.25) is 0 Å². The van der Waals surface area contributed by atoms with Gasteiger partial charge in [-0.2, -0.15) is 0 Å². The van der Waals surface area contributed by atoms with Gasteiger partial charge in [0, 0.05) is 15.3 Å². The number of nitrogens with two attached hydrogens (primary N) is 1. The Morgan fingerprint density at radius 1 is 0.870 bits per heavy atom. The van der Waals surface area contributed by atoms with Crippen molar-refractivity contribution in [2.24, 2.45) is 0 Å². The van der Waals surface area contributed by atoms with E-state index in [1.807, 2.05) is 49.9 Å². The van der Waals surface area contributed by atoms with E-state index in [9.17, 15) is 4.39 Å². The maximum atomic E-state index is 13.1. The summed E-state index contributed by atoms with van der Waals surface area (Å²) in [4.78, 5) is 1.13. The van der Waals surface area contributed by atoms with Crippen molar-refractivity contribution in [1.82, 2.24) is 0 Å². The second-order valence-corrected chi connectivity index (χ2v) is 7.19. The lowest BCUT2D eigenvalue weighted by atomic mass is 9.83. The third-order valence-electron chi connectivity index (χ3n) is 4.22. The lowest BCUT2D eigenvalue weighted by Crippen LogP contribution is -2.25. The molecule has 3 rings (SSSR count). The summed E-state index contributed by atoms with van der Waals surface area (Å²) in [5, 5.41) is 0. The van der Waals surface area contributed by atoms with E-state index in [1.165, 1.54) is 37.7 Å². The highest BCUT2D eigenvalue weighted by Gasteiger charge is 2.34. The standard InChI is InChI=1S/C18H20FNS.C2H6/c19-15-6-10-17(11-7-15)21-18(12-2-1-3-13-18)14-4-8-16(20)9-5-14;1-2/h4-11H,1-3,12-13,20H2;1-2H3. The van der Waals surface area contributed by atoms with Crippen LogP contribution in [0.1, 0.15) is 51.5 Å². The molecular formula is C20H26FNS. The van der Waals surface area contributed by atoms with E-state index in [4.69, 9.17) is 5.73 Å². The first-order chi connectivity index (χ1) is 11.2. The fraction of sp³-hybridized carbons (Fsp3) is 0.400. The van der Waals surface area contributed by atoms with Crippen molar-refractivity contribution < 1.29 is 4.39 Å². The Morgan fingerprint density at radius 3 is 2.00 bits per heavy atom. The van der Waals surface area contributed by atoms with Gasteiger partial charge >= 0.3 is 0 Å². The van der Waals surface area contributed by atoms with Gasteiger partial charge in [-0.1, -0.05) is 45.2 Å². The molecule has 124 valence electrons. The number of halogens is 1. The number of hydrogen-bond donors (Lipinski definition) is 1. The molecule has 3 heteroatoms. The molecule has 0 aromatic heterocycles. The zero-order valence-electron chi connectivity index (χ0n) is 14.0. The molecule has 23 heavy (non-hydrogen) atoms. The van der Waals surface area contributed by atoms with Crippen LogP contribution in [-0.2, 0) is 4.75 Å². The summed E-state index contributed by atoms with van der Waals surface area (Å²) in [6.45, 7) is 4.00. The summed E-state index contributed by atoms with van der Waals surface area (Å²) in [6, 6.07) is 15.1. The Hall–Kier alpha value is -1.48. The number of hydrogen-bond acceptors (Lipinski definition) is 2. The Labute approximate surface area is 143 Å². The molecule has 1 nitrogen and oxygen atoms in total. The largest absolute Gasteiger partial charge is 0.399 e. The van der Waals surface area contributed by atoms with Crippen LogP contribution in [0.2, 0.25) is 0 Å². The van der Waals surface area contributed by atoms with Gasteiger partial charge in [0.1, 0.15) is 5.82 Å². The van der Waals surface area contributed by atoms with E-state index in [2.05, 4.69) is 12.1 Å². The molecule has 2 aromatic carbocycles. The average Bonchev–Trinajstić information content (AvgIpc) is 2.60. The number of anilines is 1. The molecule has 0 aliphatic heterocycles. The Morgan fingerprint density at radius 2 is 1.43 bits per heavy atom. The van der Waals surface area contributed by atoms with Crippen molar-refractivity contribution in [3.05, 3.63) is 59.9 Å². The lowest BCUT2D eigenvalue weighted by Gasteiger charge is -2.37. The summed E-state index contributed by atoms with van der Waals surface area (Å²) >= 11 is 1.87. The molecule has 0 bridgehead atoms. The molecule has 0 radical (unpaired) electrons. The molecule has 2 N–H and O–H groups in total. The molecule has 1 aliphatic carbocycles. The molecule has 0 unspecified atom stereocenters. The van der Waals surface area contributed by atoms with Crippen molar-refractivity contribution in [2.45, 2.75) is 55.6 Å². The fourth-order valence-electron chi connectivity index (χ4n) is 3.09. The fourth-order valence-corrected chi connectivity index (χ4v) is 4.56. The minimum absolute atomic E-state index is 0.101. The second kappa shape index (κ2) is 8.39. The van der Waals surface area contributed by atoms with E-state index < -0.39 is 0 Å². The monoisotopic (exact) mass is 331 g/mol. The summed E-state index contributed by atoms with van der Waals surface area (Å²) in [7, 11) is 0. The predicted octanol–water partition coefficient (Wildman–Crippen LogP) is 6.39. The maximum Gasteiger partial charge on any atom is 0.123 e. The first kappa shape index (κ1) is 17.9. The summed E-state index contributed by atoms with van der Waals surface area (Å²) in [5.41, 5.74) is 7.96. The lowest BCUT2D eigenvalue weighted by molar-refractivity contribution is 0.407. The van der Waals surface area contributed by atoms with Gasteiger partial charge in [0.15, 0.2) is 0 Å². The molecule has 1 saturated carbocycles. The predicted molar refractivity (Wildman–Crippen MR) is 99.2 cm³/mol. The molecule has 2 aromatic rings. The number of benzene rings is 2. The van der Waals surface area contributed by atoms with Crippen LogP contribution in [-0.4, -0.2) is 0 Å². The highest BCUT2D eigenvalue weighted by Crippen LogP contribution is 2.51. The van der Waals surface area contributed by atoms with Gasteiger partial charge in [-0.3, -0.25) is 0 Å². The molecule has 0 atom stereocenters. The van der Waals surface area contributed by atoms with Crippen molar-refractivity contribution in [3.8, 4) is 0 Å². The maximum absolute atomic E-state index is 13.1. The van der Waals surface area contributed by atoms with Crippen LogP contribution in [0.5, 0.6) is 0 Å². The minimum Gasteiger partial charge on any atom is -0.399 e. The van der Waals surface area contributed by atoms with Crippen LogP contribution >= 0.6 is 11.8 Å². The van der Waals surface area contributed by atoms with Crippen molar-refractivity contribution >= 4 is 17.4 Å². The number of thioether (sulfide) groups is 1. The smallest absolute Gasteiger partial charge is 0.123 e. The quantitative estimate of drug-likeness (QED) is 0.660. The normalized spacial score (nSPS) is 16.3. The molecule has 0 heterocycles. The van der Waals surface area contributed by atoms with Gasteiger partial charge in [0.05, 0.1) is 0 Å². The van der Waals surface area contributed by atoms with E-state index in [-0.39, 0.29) is 10.6 Å². The van der Waals surface area contributed by atoms with Crippen LogP contribution in [0.3, 0.4) is 0 Å². The van der Waals surface area contributed by atoms with Gasteiger partial charge < -0.3 is 5.73 Å². The number of rotatable bonds is 3. The van der Waals surface area contributed by atoms with Crippen molar-refractivity contribution in [3.63, 3.8) is 0 Å². The molecule has 0 spiro atoms. The second-order valence-electron chi connectivity index (χ2n) is 5.73. The van der Waals surface area contributed by atoms with Gasteiger partial charge in [-0.05, 0) is 54.8 Å². The van der Waals surface area contributed by atoms with Gasteiger partial charge in [-0.25, -0.2) is 4.39 Å². The Balaban J connectivity index is 0.000000924. The van der Waals surface area contributed by atoms with Crippen LogP contribution in [0, 0.1) is 5.82 Å². The van der Waals surface area contributed by atoms with E-state index in [0.717, 1.165) is 10.6 Å². The first-order valence-electron chi connectivity index (χ1n) is 8.49. The van der Waals surface area contributed by atoms with Crippen LogP contribution in [0.15, 0.2) is 53.4 Å². The third kappa shape index (κ3) is 4.51. The Kier molecular flexibility index (Phi) is 6.52. The minimum atomic E-state index is -0.176. The highest BCUT2D eigenvalue weighted by molar-refractivity contribution is 8.00. The zero-order valence-corrected chi connectivity index (χ0v) is 14.8. The third-order valence-corrected chi connectivity index (χ3v) is 5.77. The van der Waals surface area contributed by atoms with E-state index in [1.54, 1.807) is 12.1 Å². The number of nitrogen functional groups attached to an aromatic ring is 1. The summed E-state index contributed by atoms with van der Waals surface area (Å²) in [5.74, 6) is -0.176. The molecule has 0 saturated heterocycles. The summed E-state index contributed by atoms with van der Waals surface area (Å²) in [6.07, 6.45) is 6.13. The molecule has 1 fully saturated rings. The van der Waals surface area contributed by atoms with Crippen LogP contribution in [0.25, 0.3) is 0 Å². The molecule has 1 aliphatic rings. The topological polar surface area (TPSA) is 26.0 Å². The van der Waals surface area contributed by atoms with Crippen LogP contribution < -0.4 is 5.73 Å². The molecule has 0 amide bonds. The zero-order chi connectivity index (χ0) is 16.7. The molecular weight excluding hydrogens is 305 g/mol. The van der Waals surface area contributed by atoms with Crippen molar-refractivity contribution in [1.29, 1.82) is 0 Å². The van der Waals surface area contributed by atoms with E-state index >= 15 is 0 Å². The SMILES string of the molecule is CC.Nc1ccc(C2(Sc3ccc(F)cc3)CCCCC2)cc1. The first-order valence-corrected chi connectivity index (χ1v) is 9.30. The average molecular weight is 332 g/mol. The van der Waals surface area contributed by atoms with Crippen LogP contribution in [0.4, 0.5) is 10.1 Å². The Bertz CT molecular complexity index is 586. The van der Waals surface area contributed by atoms with E-state index in [0.29, 0.717) is 0 Å². The van der Waals surface area contributed by atoms with Gasteiger partial charge in [0.25, 0.3) is 0 Å². The van der Waals surface area contributed by atoms with Crippen molar-refractivity contribution in [2.75, 3.05) is 5.73 Å².